The van der Waals surface area contributed by atoms with Crippen molar-refractivity contribution in [3.8, 4) is 0 Å². The van der Waals surface area contributed by atoms with Gasteiger partial charge >= 0.3 is 0 Å². The highest BCUT2D eigenvalue weighted by Crippen LogP contribution is 2.43. The highest BCUT2D eigenvalue weighted by atomic mass is 16.1. The highest BCUT2D eigenvalue weighted by molar-refractivity contribution is 5.80. The summed E-state index contributed by atoms with van der Waals surface area (Å²) < 4.78 is 0. The third-order valence-corrected chi connectivity index (χ3v) is 4.59. The van der Waals surface area contributed by atoms with E-state index in [1.165, 1.54) is 25.7 Å². The molecule has 0 unspecified atom stereocenters. The molecule has 0 aromatic carbocycles. The third-order valence-electron chi connectivity index (χ3n) is 4.59. The van der Waals surface area contributed by atoms with Crippen molar-refractivity contribution >= 4 is 5.91 Å². The molecule has 4 atom stereocenters. The molecule has 2 aliphatic rings. The summed E-state index contributed by atoms with van der Waals surface area (Å²) in [6, 6.07) is 0.317. The highest BCUT2D eigenvalue weighted by Gasteiger charge is 2.44. The number of nitrogens with two attached hydrogens (primary N) is 1. The molecule has 1 saturated heterocycles. The number of carbonyl (C=O) groups is 1. The Bertz CT molecular complexity index is 295. The van der Waals surface area contributed by atoms with Crippen LogP contribution in [-0.4, -0.2) is 18.0 Å². The van der Waals surface area contributed by atoms with E-state index >= 15 is 0 Å². The molecule has 1 aliphatic carbocycles. The van der Waals surface area contributed by atoms with E-state index in [0.29, 0.717) is 12.0 Å². The topological polar surface area (TPSA) is 55.1 Å². The van der Waals surface area contributed by atoms with Crippen LogP contribution in [0.15, 0.2) is 0 Å². The minimum Gasteiger partial charge on any atom is -0.368 e. The third kappa shape index (κ3) is 2.65. The monoisotopic (exact) mass is 238 g/mol. The van der Waals surface area contributed by atoms with Crippen LogP contribution in [-0.2, 0) is 4.79 Å². The summed E-state index contributed by atoms with van der Waals surface area (Å²) in [4.78, 5) is 11.5. The molecule has 3 N–H and O–H groups in total. The molecule has 0 spiro atoms. The van der Waals surface area contributed by atoms with Gasteiger partial charge in [-0.2, -0.15) is 0 Å². The van der Waals surface area contributed by atoms with E-state index in [-0.39, 0.29) is 17.4 Å². The minimum absolute atomic E-state index is 0.112. The molecule has 0 radical (unpaired) electrons. The van der Waals surface area contributed by atoms with Crippen molar-refractivity contribution in [3.63, 3.8) is 0 Å². The van der Waals surface area contributed by atoms with Gasteiger partial charge in [0.25, 0.3) is 0 Å². The summed E-state index contributed by atoms with van der Waals surface area (Å²) in [5, 5.41) is 3.52. The number of fused-ring (bicyclic) bond motifs is 1. The number of piperidine rings is 1. The normalized spacial score (nSPS) is 38.5. The summed E-state index contributed by atoms with van der Waals surface area (Å²) in [5.74, 6) is 1.26. The molecule has 98 valence electrons. The summed E-state index contributed by atoms with van der Waals surface area (Å²) in [7, 11) is 0. The smallest absolute Gasteiger partial charge is 0.234 e. The van der Waals surface area contributed by atoms with Gasteiger partial charge < -0.3 is 11.1 Å². The van der Waals surface area contributed by atoms with Gasteiger partial charge in [-0.1, -0.05) is 40.0 Å². The molecular weight excluding hydrogens is 212 g/mol. The fourth-order valence-electron chi connectivity index (χ4n) is 3.77. The Hall–Kier alpha value is -0.570. The van der Waals surface area contributed by atoms with Gasteiger partial charge in [-0.05, 0) is 30.1 Å². The van der Waals surface area contributed by atoms with E-state index in [9.17, 15) is 4.79 Å². The molecule has 17 heavy (non-hydrogen) atoms. The lowest BCUT2D eigenvalue weighted by Gasteiger charge is -2.49. The first-order valence-corrected chi connectivity index (χ1v) is 6.95. The van der Waals surface area contributed by atoms with E-state index in [0.717, 1.165) is 12.3 Å². The Kier molecular flexibility index (Phi) is 3.48. The molecule has 3 heteroatoms. The van der Waals surface area contributed by atoms with Crippen molar-refractivity contribution in [2.75, 3.05) is 0 Å². The van der Waals surface area contributed by atoms with Crippen molar-refractivity contribution in [3.05, 3.63) is 0 Å². The maximum atomic E-state index is 11.5. The number of amides is 1. The second-order valence-corrected chi connectivity index (χ2v) is 6.91. The van der Waals surface area contributed by atoms with Crippen molar-refractivity contribution in [2.24, 2.45) is 23.0 Å². The van der Waals surface area contributed by atoms with Crippen LogP contribution >= 0.6 is 0 Å². The van der Waals surface area contributed by atoms with Gasteiger partial charge in [0.15, 0.2) is 0 Å². The summed E-state index contributed by atoms with van der Waals surface area (Å²) in [5.41, 5.74) is 5.70. The van der Waals surface area contributed by atoms with Crippen LogP contribution in [0, 0.1) is 17.3 Å². The molecule has 1 saturated carbocycles. The molecule has 0 aromatic heterocycles. The molecule has 3 nitrogen and oxygen atoms in total. The average molecular weight is 238 g/mol. The minimum atomic E-state index is -0.178. The summed E-state index contributed by atoms with van der Waals surface area (Å²) >= 11 is 0. The maximum Gasteiger partial charge on any atom is 0.234 e. The molecule has 0 aromatic rings. The number of primary amides is 1. The Labute approximate surface area is 105 Å². The van der Waals surface area contributed by atoms with Crippen molar-refractivity contribution in [1.82, 2.24) is 5.32 Å². The fraction of sp³-hybridized carbons (Fsp3) is 0.929. The zero-order valence-corrected chi connectivity index (χ0v) is 11.3. The molecular formula is C14H26N2O. The van der Waals surface area contributed by atoms with E-state index in [2.05, 4.69) is 26.1 Å². The van der Waals surface area contributed by atoms with Crippen LogP contribution in [0.2, 0.25) is 0 Å². The summed E-state index contributed by atoms with van der Waals surface area (Å²) in [6.07, 6.45) is 6.21. The van der Waals surface area contributed by atoms with Gasteiger partial charge in [-0.3, -0.25) is 4.79 Å². The molecule has 0 bridgehead atoms. The first-order chi connectivity index (χ1) is 7.89. The van der Waals surface area contributed by atoms with Crippen molar-refractivity contribution in [2.45, 2.75) is 65.0 Å². The number of hydrogen-bond acceptors (Lipinski definition) is 2. The van der Waals surface area contributed by atoms with E-state index in [1.54, 1.807) is 0 Å². The zero-order valence-electron chi connectivity index (χ0n) is 11.3. The van der Waals surface area contributed by atoms with Gasteiger partial charge in [-0.15, -0.1) is 0 Å². The first kappa shape index (κ1) is 12.9. The van der Waals surface area contributed by atoms with Gasteiger partial charge in [0.1, 0.15) is 0 Å². The van der Waals surface area contributed by atoms with Gasteiger partial charge in [0.2, 0.25) is 5.91 Å². The van der Waals surface area contributed by atoms with Crippen LogP contribution < -0.4 is 11.1 Å². The Morgan fingerprint density at radius 3 is 2.47 bits per heavy atom. The maximum absolute atomic E-state index is 11.5. The standard InChI is InChI=1S/C14H26N2O/c1-14(2,3)12-10-7-5-4-6-9(10)8-11(16-12)13(15)17/h9-12,16H,4-8H2,1-3H3,(H2,15,17)/t9-,10+,11+,12+/m1/s1. The predicted molar refractivity (Wildman–Crippen MR) is 69.4 cm³/mol. The lowest BCUT2D eigenvalue weighted by Crippen LogP contribution is -2.60. The van der Waals surface area contributed by atoms with Crippen molar-refractivity contribution in [1.29, 1.82) is 0 Å². The molecule has 1 amide bonds. The lowest BCUT2D eigenvalue weighted by molar-refractivity contribution is -0.122. The van der Waals surface area contributed by atoms with E-state index in [1.807, 2.05) is 0 Å². The predicted octanol–water partition coefficient (Wildman–Crippen LogP) is 2.05. The van der Waals surface area contributed by atoms with Crippen LogP contribution in [0.25, 0.3) is 0 Å². The average Bonchev–Trinajstić information content (AvgIpc) is 2.26. The Balaban J connectivity index is 2.18. The van der Waals surface area contributed by atoms with Crippen LogP contribution in [0.4, 0.5) is 0 Å². The number of rotatable bonds is 1. The largest absolute Gasteiger partial charge is 0.368 e. The van der Waals surface area contributed by atoms with Crippen molar-refractivity contribution < 1.29 is 4.79 Å². The van der Waals surface area contributed by atoms with E-state index in [4.69, 9.17) is 5.73 Å². The molecule has 1 aliphatic heterocycles. The Morgan fingerprint density at radius 2 is 1.88 bits per heavy atom. The quantitative estimate of drug-likeness (QED) is 0.734. The van der Waals surface area contributed by atoms with E-state index < -0.39 is 0 Å². The molecule has 2 rings (SSSR count). The van der Waals surface area contributed by atoms with Gasteiger partial charge in [0.05, 0.1) is 6.04 Å². The van der Waals surface area contributed by atoms with Gasteiger partial charge in [-0.25, -0.2) is 0 Å². The SMILES string of the molecule is CC(C)(C)[C@H]1N[C@H](C(N)=O)C[C@H]2CCCC[C@@H]21. The first-order valence-electron chi connectivity index (χ1n) is 6.95. The van der Waals surface area contributed by atoms with Gasteiger partial charge in [0, 0.05) is 6.04 Å². The molecule has 2 fully saturated rings. The Morgan fingerprint density at radius 1 is 1.24 bits per heavy atom. The van der Waals surface area contributed by atoms with Crippen LogP contribution in [0.5, 0.6) is 0 Å². The zero-order chi connectivity index (χ0) is 12.6. The second kappa shape index (κ2) is 4.60. The number of hydrogen-bond donors (Lipinski definition) is 2. The number of carbonyl (C=O) groups excluding carboxylic acids is 1. The second-order valence-electron chi connectivity index (χ2n) is 6.91. The molecule has 1 heterocycles. The number of nitrogens with one attached hydrogen (secondary N) is 1. The lowest BCUT2D eigenvalue weighted by atomic mass is 9.64. The fourth-order valence-corrected chi connectivity index (χ4v) is 3.77. The van der Waals surface area contributed by atoms with Crippen LogP contribution in [0.1, 0.15) is 52.9 Å². The van der Waals surface area contributed by atoms with Crippen LogP contribution in [0.3, 0.4) is 0 Å². The summed E-state index contributed by atoms with van der Waals surface area (Å²) in [6.45, 7) is 6.79.